The standard InChI is InChI=1S/C19H22N2O3/c1-12-5-10-17(13(2)11-12)14(3)20-19(23)21-16-8-6-15(7-9-16)18(22)24-4/h5-11,14H,1-4H3,(H2,20,21,23)/t14-/m0/s1. The fourth-order valence-corrected chi connectivity index (χ4v) is 2.56. The number of urea groups is 1. The van der Waals surface area contributed by atoms with Crippen molar-refractivity contribution in [3.05, 3.63) is 64.7 Å². The molecule has 0 saturated heterocycles. The van der Waals surface area contributed by atoms with Gasteiger partial charge in [0.1, 0.15) is 0 Å². The Kier molecular flexibility index (Phi) is 5.58. The molecule has 0 aromatic heterocycles. The summed E-state index contributed by atoms with van der Waals surface area (Å²) in [5.74, 6) is -0.408. The Morgan fingerprint density at radius 1 is 1.04 bits per heavy atom. The minimum absolute atomic E-state index is 0.111. The number of benzene rings is 2. The monoisotopic (exact) mass is 326 g/mol. The maximum atomic E-state index is 12.1. The van der Waals surface area contributed by atoms with E-state index in [4.69, 9.17) is 0 Å². The zero-order valence-electron chi connectivity index (χ0n) is 14.3. The summed E-state index contributed by atoms with van der Waals surface area (Å²) in [7, 11) is 1.33. The molecule has 2 N–H and O–H groups in total. The van der Waals surface area contributed by atoms with Crippen molar-refractivity contribution in [2.24, 2.45) is 0 Å². The number of aryl methyl sites for hydroxylation is 2. The van der Waals surface area contributed by atoms with Crippen LogP contribution in [-0.4, -0.2) is 19.1 Å². The molecule has 2 aromatic carbocycles. The van der Waals surface area contributed by atoms with Crippen LogP contribution in [0.1, 0.15) is 40.0 Å². The molecule has 5 heteroatoms. The molecule has 2 amide bonds. The van der Waals surface area contributed by atoms with Gasteiger partial charge in [-0.1, -0.05) is 23.8 Å². The van der Waals surface area contributed by atoms with Crippen LogP contribution in [0, 0.1) is 13.8 Å². The second-order valence-corrected chi connectivity index (χ2v) is 5.75. The van der Waals surface area contributed by atoms with E-state index < -0.39 is 5.97 Å². The lowest BCUT2D eigenvalue weighted by molar-refractivity contribution is 0.0601. The Balaban J connectivity index is 1.98. The average Bonchev–Trinajstić information content (AvgIpc) is 2.54. The van der Waals surface area contributed by atoms with E-state index in [0.717, 1.165) is 11.1 Å². The lowest BCUT2D eigenvalue weighted by atomic mass is 10.0. The van der Waals surface area contributed by atoms with Crippen LogP contribution in [0.5, 0.6) is 0 Å². The first-order chi connectivity index (χ1) is 11.4. The summed E-state index contributed by atoms with van der Waals surface area (Å²) in [4.78, 5) is 23.5. The van der Waals surface area contributed by atoms with Crippen molar-refractivity contribution in [1.29, 1.82) is 0 Å². The quantitative estimate of drug-likeness (QED) is 0.835. The molecule has 0 aliphatic heterocycles. The molecule has 1 atom stereocenters. The highest BCUT2D eigenvalue weighted by molar-refractivity contribution is 5.92. The largest absolute Gasteiger partial charge is 0.465 e. The van der Waals surface area contributed by atoms with Crippen LogP contribution in [0.25, 0.3) is 0 Å². The molecule has 0 aliphatic carbocycles. The summed E-state index contributed by atoms with van der Waals surface area (Å²) in [6.45, 7) is 6.02. The van der Waals surface area contributed by atoms with E-state index in [1.807, 2.05) is 32.9 Å². The van der Waals surface area contributed by atoms with Gasteiger partial charge in [-0.3, -0.25) is 0 Å². The summed E-state index contributed by atoms with van der Waals surface area (Å²) >= 11 is 0. The lowest BCUT2D eigenvalue weighted by Gasteiger charge is -2.17. The van der Waals surface area contributed by atoms with Crippen LogP contribution < -0.4 is 10.6 Å². The highest BCUT2D eigenvalue weighted by atomic mass is 16.5. The Morgan fingerprint density at radius 3 is 2.29 bits per heavy atom. The normalized spacial score (nSPS) is 11.5. The summed E-state index contributed by atoms with van der Waals surface area (Å²) < 4.78 is 4.64. The van der Waals surface area contributed by atoms with Gasteiger partial charge in [-0.25, -0.2) is 9.59 Å². The molecule has 5 nitrogen and oxygen atoms in total. The minimum atomic E-state index is -0.408. The maximum Gasteiger partial charge on any atom is 0.337 e. The number of amides is 2. The van der Waals surface area contributed by atoms with E-state index in [9.17, 15) is 9.59 Å². The van der Waals surface area contributed by atoms with Gasteiger partial charge in [0.15, 0.2) is 0 Å². The topological polar surface area (TPSA) is 67.4 Å². The summed E-state index contributed by atoms with van der Waals surface area (Å²) in [5.41, 5.74) is 4.46. The summed E-state index contributed by atoms with van der Waals surface area (Å²) in [6.07, 6.45) is 0. The summed E-state index contributed by atoms with van der Waals surface area (Å²) in [5, 5.41) is 5.67. The van der Waals surface area contributed by atoms with Gasteiger partial charge in [0, 0.05) is 5.69 Å². The number of esters is 1. The van der Waals surface area contributed by atoms with E-state index in [2.05, 4.69) is 21.4 Å². The van der Waals surface area contributed by atoms with E-state index in [1.165, 1.54) is 12.7 Å². The molecule has 2 rings (SSSR count). The van der Waals surface area contributed by atoms with Crippen molar-refractivity contribution in [3.8, 4) is 0 Å². The van der Waals surface area contributed by atoms with Gasteiger partial charge >= 0.3 is 12.0 Å². The van der Waals surface area contributed by atoms with Crippen molar-refractivity contribution in [2.45, 2.75) is 26.8 Å². The predicted octanol–water partition coefficient (Wildman–Crippen LogP) is 3.97. The molecule has 2 aromatic rings. The third kappa shape index (κ3) is 4.35. The van der Waals surface area contributed by atoms with Gasteiger partial charge < -0.3 is 15.4 Å². The van der Waals surface area contributed by atoms with Gasteiger partial charge in [-0.05, 0) is 56.2 Å². The van der Waals surface area contributed by atoms with Crippen molar-refractivity contribution in [2.75, 3.05) is 12.4 Å². The number of carbonyl (C=O) groups excluding carboxylic acids is 2. The number of rotatable bonds is 4. The Labute approximate surface area is 142 Å². The second kappa shape index (κ2) is 7.64. The smallest absolute Gasteiger partial charge is 0.337 e. The van der Waals surface area contributed by atoms with E-state index >= 15 is 0 Å². The Morgan fingerprint density at radius 2 is 1.71 bits per heavy atom. The number of hydrogen-bond donors (Lipinski definition) is 2. The molecule has 0 saturated carbocycles. The molecule has 0 unspecified atom stereocenters. The molecule has 0 radical (unpaired) electrons. The second-order valence-electron chi connectivity index (χ2n) is 5.75. The SMILES string of the molecule is COC(=O)c1ccc(NC(=O)N[C@@H](C)c2ccc(C)cc2C)cc1. The Bertz CT molecular complexity index is 739. The number of anilines is 1. The molecule has 24 heavy (non-hydrogen) atoms. The number of ether oxygens (including phenoxy) is 1. The minimum Gasteiger partial charge on any atom is -0.465 e. The van der Waals surface area contributed by atoms with Crippen molar-refractivity contribution < 1.29 is 14.3 Å². The molecule has 0 aliphatic rings. The molecular weight excluding hydrogens is 304 g/mol. The van der Waals surface area contributed by atoms with E-state index in [-0.39, 0.29) is 12.1 Å². The molecule has 0 bridgehead atoms. The van der Waals surface area contributed by atoms with Gasteiger partial charge in [-0.15, -0.1) is 0 Å². The highest BCUT2D eigenvalue weighted by Gasteiger charge is 2.12. The van der Waals surface area contributed by atoms with Gasteiger partial charge in [0.2, 0.25) is 0 Å². The highest BCUT2D eigenvalue weighted by Crippen LogP contribution is 2.19. The first kappa shape index (κ1) is 17.5. The molecule has 0 fully saturated rings. The van der Waals surface area contributed by atoms with Crippen LogP contribution in [0.3, 0.4) is 0 Å². The zero-order valence-corrected chi connectivity index (χ0v) is 14.3. The van der Waals surface area contributed by atoms with Crippen molar-refractivity contribution in [3.63, 3.8) is 0 Å². The lowest BCUT2D eigenvalue weighted by Crippen LogP contribution is -2.31. The third-order valence-electron chi connectivity index (χ3n) is 3.80. The number of carbonyl (C=O) groups is 2. The predicted molar refractivity (Wildman–Crippen MR) is 94.3 cm³/mol. The average molecular weight is 326 g/mol. The first-order valence-corrected chi connectivity index (χ1v) is 7.73. The van der Waals surface area contributed by atoms with Gasteiger partial charge in [-0.2, -0.15) is 0 Å². The molecular formula is C19H22N2O3. The zero-order chi connectivity index (χ0) is 17.7. The van der Waals surface area contributed by atoms with Crippen molar-refractivity contribution in [1.82, 2.24) is 5.32 Å². The molecule has 126 valence electrons. The van der Waals surface area contributed by atoms with Gasteiger partial charge in [0.05, 0.1) is 18.7 Å². The van der Waals surface area contributed by atoms with Crippen LogP contribution in [0.2, 0.25) is 0 Å². The van der Waals surface area contributed by atoms with E-state index in [0.29, 0.717) is 11.3 Å². The van der Waals surface area contributed by atoms with Crippen molar-refractivity contribution >= 4 is 17.7 Å². The van der Waals surface area contributed by atoms with Crippen LogP contribution in [-0.2, 0) is 4.74 Å². The van der Waals surface area contributed by atoms with E-state index in [1.54, 1.807) is 24.3 Å². The fraction of sp³-hybridized carbons (Fsp3) is 0.263. The van der Waals surface area contributed by atoms with Crippen LogP contribution in [0.15, 0.2) is 42.5 Å². The fourth-order valence-electron chi connectivity index (χ4n) is 2.56. The van der Waals surface area contributed by atoms with Crippen LogP contribution in [0.4, 0.5) is 10.5 Å². The van der Waals surface area contributed by atoms with Gasteiger partial charge in [0.25, 0.3) is 0 Å². The Hall–Kier alpha value is -2.82. The molecule has 0 spiro atoms. The number of hydrogen-bond acceptors (Lipinski definition) is 3. The summed E-state index contributed by atoms with van der Waals surface area (Å²) in [6, 6.07) is 12.3. The number of nitrogens with one attached hydrogen (secondary N) is 2. The maximum absolute atomic E-state index is 12.1. The van der Waals surface area contributed by atoms with Crippen LogP contribution >= 0.6 is 0 Å². The molecule has 0 heterocycles. The third-order valence-corrected chi connectivity index (χ3v) is 3.80. The first-order valence-electron chi connectivity index (χ1n) is 7.73. The number of methoxy groups -OCH3 is 1.